The molecule has 23 heavy (non-hydrogen) atoms. The lowest BCUT2D eigenvalue weighted by Crippen LogP contribution is -2.39. The molecule has 3 rings (SSSR count). The molecular formula is C14H17N5O4. The molecule has 0 amide bonds. The number of H-pyrrole nitrogens is 1. The Hall–Kier alpha value is -2.41. The smallest absolute Gasteiger partial charge is 0.280 e. The molecule has 2 aromatic heterocycles. The highest BCUT2D eigenvalue weighted by Crippen LogP contribution is 2.48. The highest BCUT2D eigenvalue weighted by Gasteiger charge is 2.55. The van der Waals surface area contributed by atoms with Crippen molar-refractivity contribution >= 4 is 17.1 Å². The number of fused-ring (bicyclic) bond motifs is 1. The van der Waals surface area contributed by atoms with Crippen molar-refractivity contribution in [3.63, 3.8) is 0 Å². The first-order valence-electron chi connectivity index (χ1n) is 7.13. The van der Waals surface area contributed by atoms with Crippen LogP contribution in [0.2, 0.25) is 0 Å². The summed E-state index contributed by atoms with van der Waals surface area (Å²) in [7, 11) is 0. The number of anilines is 1. The van der Waals surface area contributed by atoms with Crippen LogP contribution in [-0.4, -0.2) is 48.5 Å². The highest BCUT2D eigenvalue weighted by atomic mass is 16.5. The first-order chi connectivity index (χ1) is 11.0. The Morgan fingerprint density at radius 2 is 2.39 bits per heavy atom. The molecule has 1 aliphatic heterocycles. The molecule has 0 aliphatic carbocycles. The van der Waals surface area contributed by atoms with Gasteiger partial charge in [0.1, 0.15) is 17.6 Å². The number of nitrogens with two attached hydrogens (primary N) is 1. The molecule has 9 heteroatoms. The van der Waals surface area contributed by atoms with Crippen molar-refractivity contribution in [1.82, 2.24) is 19.5 Å². The Labute approximate surface area is 131 Å². The summed E-state index contributed by atoms with van der Waals surface area (Å²) in [6.45, 7) is 1.43. The van der Waals surface area contributed by atoms with Gasteiger partial charge in [-0.05, 0) is 6.42 Å². The lowest BCUT2D eigenvalue weighted by atomic mass is 9.78. The van der Waals surface area contributed by atoms with Gasteiger partial charge in [0.05, 0.1) is 12.9 Å². The zero-order valence-electron chi connectivity index (χ0n) is 12.4. The summed E-state index contributed by atoms with van der Waals surface area (Å²) in [5, 5.41) is 19.9. The fraction of sp³-hybridized carbons (Fsp3) is 0.500. The van der Waals surface area contributed by atoms with E-state index in [9.17, 15) is 15.0 Å². The van der Waals surface area contributed by atoms with Crippen molar-refractivity contribution in [1.29, 1.82) is 0 Å². The number of aliphatic hydroxyl groups excluding tert-OH is 2. The van der Waals surface area contributed by atoms with Gasteiger partial charge >= 0.3 is 0 Å². The zero-order chi connectivity index (χ0) is 16.8. The zero-order valence-corrected chi connectivity index (χ0v) is 12.4. The fourth-order valence-corrected chi connectivity index (χ4v) is 3.05. The van der Waals surface area contributed by atoms with Gasteiger partial charge < -0.3 is 20.7 Å². The van der Waals surface area contributed by atoms with Crippen molar-refractivity contribution < 1.29 is 14.9 Å². The molecule has 9 nitrogen and oxygen atoms in total. The number of nitrogens with one attached hydrogen (secondary N) is 1. The van der Waals surface area contributed by atoms with Crippen LogP contribution in [0.1, 0.15) is 19.6 Å². The van der Waals surface area contributed by atoms with Gasteiger partial charge in [-0.15, -0.1) is 6.42 Å². The summed E-state index contributed by atoms with van der Waals surface area (Å²) in [5.74, 6) is 2.53. The second-order valence-electron chi connectivity index (χ2n) is 5.47. The van der Waals surface area contributed by atoms with Crippen LogP contribution in [0.5, 0.6) is 0 Å². The summed E-state index contributed by atoms with van der Waals surface area (Å²) in [6.07, 6.45) is 4.69. The summed E-state index contributed by atoms with van der Waals surface area (Å²) in [5.41, 5.74) is 4.32. The minimum absolute atomic E-state index is 0.0655. The van der Waals surface area contributed by atoms with Gasteiger partial charge in [-0.25, -0.2) is 4.98 Å². The number of hydrogen-bond acceptors (Lipinski definition) is 7. The van der Waals surface area contributed by atoms with Crippen molar-refractivity contribution in [2.45, 2.75) is 31.8 Å². The molecule has 1 fully saturated rings. The number of imidazole rings is 1. The van der Waals surface area contributed by atoms with Gasteiger partial charge in [-0.2, -0.15) is 4.98 Å². The third-order valence-corrected chi connectivity index (χ3v) is 4.36. The maximum absolute atomic E-state index is 11.9. The number of nitrogen functional groups attached to an aromatic ring is 1. The minimum Gasteiger partial charge on any atom is -0.394 e. The van der Waals surface area contributed by atoms with Crippen LogP contribution in [0.4, 0.5) is 5.95 Å². The van der Waals surface area contributed by atoms with Crippen molar-refractivity contribution in [3.8, 4) is 12.3 Å². The quantitative estimate of drug-likeness (QED) is 0.531. The number of aliphatic hydroxyl groups is 2. The Morgan fingerprint density at radius 1 is 1.65 bits per heavy atom. The standard InChI is InChI=1S/C14H17N5O4/c1-3-14(4-2)9(21)7(5-20)23-12(14)19-6-16-8-10(19)17-13(15)18-11(8)22/h1,6-7,9,12,20-21H,4-5H2,2H3,(H3,15,17,18,22). The van der Waals surface area contributed by atoms with E-state index in [0.29, 0.717) is 6.42 Å². The Morgan fingerprint density at radius 3 is 3.00 bits per heavy atom. The molecule has 1 saturated heterocycles. The van der Waals surface area contributed by atoms with Gasteiger partial charge in [0.2, 0.25) is 5.95 Å². The molecule has 4 unspecified atom stereocenters. The number of ether oxygens (including phenoxy) is 1. The first kappa shape index (κ1) is 15.5. The van der Waals surface area contributed by atoms with Gasteiger partial charge in [0.15, 0.2) is 17.4 Å². The molecule has 0 saturated carbocycles. The Kier molecular flexibility index (Phi) is 3.60. The van der Waals surface area contributed by atoms with Crippen LogP contribution >= 0.6 is 0 Å². The number of aromatic amines is 1. The van der Waals surface area contributed by atoms with Gasteiger partial charge in [0.25, 0.3) is 5.56 Å². The van der Waals surface area contributed by atoms with E-state index in [1.807, 2.05) is 6.92 Å². The summed E-state index contributed by atoms with van der Waals surface area (Å²) in [4.78, 5) is 22.4. The normalized spacial score (nSPS) is 30.6. The molecule has 2 aromatic rings. The van der Waals surface area contributed by atoms with Crippen molar-refractivity contribution in [2.24, 2.45) is 5.41 Å². The third-order valence-electron chi connectivity index (χ3n) is 4.36. The van der Waals surface area contributed by atoms with E-state index >= 15 is 0 Å². The SMILES string of the molecule is C#CC1(CC)C(O)C(CO)OC1n1cnc2c(=O)[nH]c(N)nc21. The predicted octanol–water partition coefficient (Wildman–Crippen LogP) is -1.02. The average molecular weight is 319 g/mol. The summed E-state index contributed by atoms with van der Waals surface area (Å²) >= 11 is 0. The van der Waals surface area contributed by atoms with Crippen LogP contribution in [0, 0.1) is 17.8 Å². The highest BCUT2D eigenvalue weighted by molar-refractivity contribution is 5.70. The molecule has 0 radical (unpaired) electrons. The topological polar surface area (TPSA) is 139 Å². The second kappa shape index (κ2) is 5.34. The number of terminal acetylenes is 1. The maximum atomic E-state index is 11.9. The molecular weight excluding hydrogens is 302 g/mol. The van der Waals surface area contributed by atoms with E-state index in [1.165, 1.54) is 10.9 Å². The van der Waals surface area contributed by atoms with E-state index in [4.69, 9.17) is 16.9 Å². The van der Waals surface area contributed by atoms with Gasteiger partial charge in [-0.1, -0.05) is 12.8 Å². The third kappa shape index (κ3) is 2.03. The molecule has 5 N–H and O–H groups in total. The van der Waals surface area contributed by atoms with E-state index in [2.05, 4.69) is 20.9 Å². The van der Waals surface area contributed by atoms with Crippen LogP contribution in [-0.2, 0) is 4.74 Å². The fourth-order valence-electron chi connectivity index (χ4n) is 3.05. The Bertz CT molecular complexity index is 838. The molecule has 1 aliphatic rings. The number of hydrogen-bond donors (Lipinski definition) is 4. The molecule has 122 valence electrons. The summed E-state index contributed by atoms with van der Waals surface area (Å²) in [6, 6.07) is 0. The van der Waals surface area contributed by atoms with Crippen LogP contribution in [0.25, 0.3) is 11.2 Å². The first-order valence-corrected chi connectivity index (χ1v) is 7.13. The molecule has 0 bridgehead atoms. The van der Waals surface area contributed by atoms with E-state index in [1.54, 1.807) is 0 Å². The number of rotatable bonds is 3. The Balaban J connectivity index is 2.21. The van der Waals surface area contributed by atoms with Crippen LogP contribution < -0.4 is 11.3 Å². The van der Waals surface area contributed by atoms with E-state index in [-0.39, 0.29) is 23.7 Å². The lowest BCUT2D eigenvalue weighted by molar-refractivity contribution is -0.0479. The van der Waals surface area contributed by atoms with Gasteiger partial charge in [-0.3, -0.25) is 14.3 Å². The maximum Gasteiger partial charge on any atom is 0.280 e. The number of nitrogens with zero attached hydrogens (tertiary/aromatic N) is 3. The lowest BCUT2D eigenvalue weighted by Gasteiger charge is -2.30. The van der Waals surface area contributed by atoms with Crippen LogP contribution in [0.3, 0.4) is 0 Å². The van der Waals surface area contributed by atoms with E-state index in [0.717, 1.165) is 0 Å². The minimum atomic E-state index is -1.08. The van der Waals surface area contributed by atoms with Crippen molar-refractivity contribution in [3.05, 3.63) is 16.7 Å². The summed E-state index contributed by atoms with van der Waals surface area (Å²) < 4.78 is 7.22. The molecule has 0 aromatic carbocycles. The van der Waals surface area contributed by atoms with Crippen LogP contribution in [0.15, 0.2) is 11.1 Å². The molecule has 3 heterocycles. The van der Waals surface area contributed by atoms with Gasteiger partial charge in [0, 0.05) is 0 Å². The number of aromatic nitrogens is 4. The van der Waals surface area contributed by atoms with Crippen molar-refractivity contribution in [2.75, 3.05) is 12.3 Å². The predicted molar refractivity (Wildman–Crippen MR) is 81.1 cm³/mol. The molecule has 4 atom stereocenters. The monoisotopic (exact) mass is 319 g/mol. The largest absolute Gasteiger partial charge is 0.394 e. The average Bonchev–Trinajstić information content (AvgIpc) is 3.06. The van der Waals surface area contributed by atoms with E-state index < -0.39 is 29.4 Å². The molecule has 0 spiro atoms. The second-order valence-corrected chi connectivity index (χ2v) is 5.47.